The molecule has 0 aliphatic carbocycles. The molecule has 1 aromatic carbocycles. The van der Waals surface area contributed by atoms with Gasteiger partial charge in [-0.05, 0) is 37.8 Å². The molecule has 1 N–H and O–H groups in total. The molecule has 118 valence electrons. The van der Waals surface area contributed by atoms with Crippen LogP contribution < -0.4 is 5.32 Å². The summed E-state index contributed by atoms with van der Waals surface area (Å²) in [6.45, 7) is 5.99. The Morgan fingerprint density at radius 3 is 2.81 bits per heavy atom. The minimum atomic E-state index is -0.222. The van der Waals surface area contributed by atoms with Crippen LogP contribution in [0.3, 0.4) is 0 Å². The predicted molar refractivity (Wildman–Crippen MR) is 81.8 cm³/mol. The van der Waals surface area contributed by atoms with E-state index in [4.69, 9.17) is 9.47 Å². The monoisotopic (exact) mass is 295 g/mol. The fourth-order valence-electron chi connectivity index (χ4n) is 2.57. The highest BCUT2D eigenvalue weighted by atomic mass is 19.1. The van der Waals surface area contributed by atoms with Crippen molar-refractivity contribution >= 4 is 0 Å². The second kappa shape index (κ2) is 9.13. The van der Waals surface area contributed by atoms with Crippen LogP contribution in [-0.2, 0) is 9.47 Å². The minimum absolute atomic E-state index is 0.187. The third-order valence-electron chi connectivity index (χ3n) is 3.88. The molecule has 4 heteroatoms. The molecule has 0 bridgehead atoms. The van der Waals surface area contributed by atoms with Crippen molar-refractivity contribution < 1.29 is 13.9 Å². The number of hydrogen-bond donors (Lipinski definition) is 1. The highest BCUT2D eigenvalue weighted by molar-refractivity contribution is 5.20. The summed E-state index contributed by atoms with van der Waals surface area (Å²) in [4.78, 5) is 0. The van der Waals surface area contributed by atoms with Gasteiger partial charge in [0.1, 0.15) is 5.82 Å². The topological polar surface area (TPSA) is 30.5 Å². The zero-order valence-electron chi connectivity index (χ0n) is 12.8. The van der Waals surface area contributed by atoms with E-state index in [1.807, 2.05) is 12.1 Å². The van der Waals surface area contributed by atoms with E-state index in [9.17, 15) is 4.39 Å². The van der Waals surface area contributed by atoms with Gasteiger partial charge in [-0.3, -0.25) is 0 Å². The van der Waals surface area contributed by atoms with Gasteiger partial charge in [-0.15, -0.1) is 0 Å². The Balaban J connectivity index is 1.93. The lowest BCUT2D eigenvalue weighted by molar-refractivity contribution is -0.0124. The highest BCUT2D eigenvalue weighted by Gasteiger charge is 2.20. The quantitative estimate of drug-likeness (QED) is 0.746. The number of benzene rings is 1. The van der Waals surface area contributed by atoms with Gasteiger partial charge in [-0.1, -0.05) is 25.1 Å². The Kier molecular flexibility index (Phi) is 7.13. The Labute approximate surface area is 126 Å². The van der Waals surface area contributed by atoms with Crippen molar-refractivity contribution in [3.63, 3.8) is 0 Å². The average Bonchev–Trinajstić information content (AvgIpc) is 2.53. The molecular formula is C17H26FNO2. The van der Waals surface area contributed by atoms with Crippen molar-refractivity contribution in [2.24, 2.45) is 5.92 Å². The second-order valence-electron chi connectivity index (χ2n) is 5.60. The zero-order chi connectivity index (χ0) is 14.9. The summed E-state index contributed by atoms with van der Waals surface area (Å²) in [5.41, 5.74) is 0.646. The Bertz CT molecular complexity index is 408. The minimum Gasteiger partial charge on any atom is -0.381 e. The molecule has 0 spiro atoms. The van der Waals surface area contributed by atoms with Crippen LogP contribution in [0.25, 0.3) is 0 Å². The van der Waals surface area contributed by atoms with Gasteiger partial charge in [0.15, 0.2) is 0 Å². The van der Waals surface area contributed by atoms with Gasteiger partial charge in [0.25, 0.3) is 0 Å². The van der Waals surface area contributed by atoms with Crippen LogP contribution in [0.2, 0.25) is 0 Å². The van der Waals surface area contributed by atoms with Gasteiger partial charge in [0, 0.05) is 25.3 Å². The molecule has 0 aromatic heterocycles. The van der Waals surface area contributed by atoms with Crippen molar-refractivity contribution in [3.8, 4) is 0 Å². The predicted octanol–water partition coefficient (Wildman–Crippen LogP) is 3.31. The Morgan fingerprint density at radius 1 is 1.33 bits per heavy atom. The van der Waals surface area contributed by atoms with E-state index in [1.165, 1.54) is 6.07 Å². The number of nitrogens with one attached hydrogen (secondary N) is 1. The van der Waals surface area contributed by atoms with Gasteiger partial charge < -0.3 is 14.8 Å². The van der Waals surface area contributed by atoms with Crippen LogP contribution in [0.5, 0.6) is 0 Å². The summed E-state index contributed by atoms with van der Waals surface area (Å²) in [5.74, 6) is 0.340. The third-order valence-corrected chi connectivity index (χ3v) is 3.88. The normalized spacial score (nSPS) is 17.8. The molecule has 1 aromatic rings. The first-order valence-electron chi connectivity index (χ1n) is 7.95. The van der Waals surface area contributed by atoms with Gasteiger partial charge in [-0.2, -0.15) is 0 Å². The number of rotatable bonds is 8. The van der Waals surface area contributed by atoms with Crippen molar-refractivity contribution in [3.05, 3.63) is 35.6 Å². The molecule has 0 amide bonds. The van der Waals surface area contributed by atoms with E-state index < -0.39 is 0 Å². The fraction of sp³-hybridized carbons (Fsp3) is 0.647. The molecule has 0 saturated carbocycles. The van der Waals surface area contributed by atoms with E-state index in [-0.39, 0.29) is 11.9 Å². The molecule has 3 nitrogen and oxygen atoms in total. The summed E-state index contributed by atoms with van der Waals surface area (Å²) in [6, 6.07) is 6.90. The Hall–Kier alpha value is -0.970. The van der Waals surface area contributed by atoms with Crippen LogP contribution in [0.1, 0.15) is 37.9 Å². The van der Waals surface area contributed by atoms with Crippen molar-refractivity contribution in [2.75, 3.05) is 32.9 Å². The first-order valence-corrected chi connectivity index (χ1v) is 7.95. The maximum atomic E-state index is 14.0. The van der Waals surface area contributed by atoms with E-state index >= 15 is 0 Å². The number of halogens is 1. The summed E-state index contributed by atoms with van der Waals surface area (Å²) < 4.78 is 25.4. The average molecular weight is 295 g/mol. The number of ether oxygens (including phenoxy) is 2. The smallest absolute Gasteiger partial charge is 0.129 e. The highest BCUT2D eigenvalue weighted by Crippen LogP contribution is 2.23. The Morgan fingerprint density at radius 2 is 2.10 bits per heavy atom. The van der Waals surface area contributed by atoms with E-state index in [2.05, 4.69) is 12.2 Å². The zero-order valence-corrected chi connectivity index (χ0v) is 12.8. The molecule has 1 unspecified atom stereocenters. The first kappa shape index (κ1) is 16.4. The van der Waals surface area contributed by atoms with E-state index in [0.717, 1.165) is 39.0 Å². The molecule has 1 aliphatic heterocycles. The van der Waals surface area contributed by atoms with Crippen LogP contribution in [0.15, 0.2) is 24.3 Å². The van der Waals surface area contributed by atoms with Crippen LogP contribution >= 0.6 is 0 Å². The van der Waals surface area contributed by atoms with Crippen molar-refractivity contribution in [1.82, 2.24) is 5.32 Å². The van der Waals surface area contributed by atoms with E-state index in [0.29, 0.717) is 24.6 Å². The summed E-state index contributed by atoms with van der Waals surface area (Å²) in [6.07, 6.45) is 2.91. The standard InChI is InChI=1S/C17H26FNO2/c1-2-9-19-12-17(15-5-3-4-6-16(15)18)21-13-14-7-10-20-11-8-14/h3-6,14,17,19H,2,7-13H2,1H3. The van der Waals surface area contributed by atoms with Crippen LogP contribution in [-0.4, -0.2) is 32.9 Å². The molecule has 21 heavy (non-hydrogen) atoms. The molecular weight excluding hydrogens is 269 g/mol. The maximum absolute atomic E-state index is 14.0. The lowest BCUT2D eigenvalue weighted by Gasteiger charge is -2.25. The lowest BCUT2D eigenvalue weighted by atomic mass is 10.0. The van der Waals surface area contributed by atoms with Crippen molar-refractivity contribution in [2.45, 2.75) is 32.3 Å². The van der Waals surface area contributed by atoms with E-state index in [1.54, 1.807) is 6.07 Å². The van der Waals surface area contributed by atoms with Crippen LogP contribution in [0, 0.1) is 11.7 Å². The number of hydrogen-bond acceptors (Lipinski definition) is 3. The summed E-state index contributed by atoms with van der Waals surface area (Å²) in [7, 11) is 0. The SMILES string of the molecule is CCCNCC(OCC1CCOCC1)c1ccccc1F. The first-order chi connectivity index (χ1) is 10.3. The second-order valence-corrected chi connectivity index (χ2v) is 5.60. The maximum Gasteiger partial charge on any atom is 0.129 e. The van der Waals surface area contributed by atoms with Gasteiger partial charge in [0.05, 0.1) is 12.7 Å². The van der Waals surface area contributed by atoms with Gasteiger partial charge in [0.2, 0.25) is 0 Å². The molecule has 1 saturated heterocycles. The third kappa shape index (κ3) is 5.38. The van der Waals surface area contributed by atoms with Crippen LogP contribution in [0.4, 0.5) is 4.39 Å². The van der Waals surface area contributed by atoms with Gasteiger partial charge >= 0.3 is 0 Å². The molecule has 1 fully saturated rings. The molecule has 1 atom stereocenters. The van der Waals surface area contributed by atoms with Gasteiger partial charge in [-0.25, -0.2) is 4.39 Å². The molecule has 0 radical (unpaired) electrons. The molecule has 2 rings (SSSR count). The largest absolute Gasteiger partial charge is 0.381 e. The molecule has 1 heterocycles. The summed E-state index contributed by atoms with van der Waals surface area (Å²) >= 11 is 0. The molecule has 1 aliphatic rings. The fourth-order valence-corrected chi connectivity index (χ4v) is 2.57. The lowest BCUT2D eigenvalue weighted by Crippen LogP contribution is -2.27. The summed E-state index contributed by atoms with van der Waals surface area (Å²) in [5, 5.41) is 3.33. The van der Waals surface area contributed by atoms with Crippen molar-refractivity contribution in [1.29, 1.82) is 0 Å².